The lowest BCUT2D eigenvalue weighted by Crippen LogP contribution is -2.35. The van der Waals surface area contributed by atoms with E-state index in [-0.39, 0.29) is 23.7 Å². The van der Waals surface area contributed by atoms with Crippen LogP contribution in [0.3, 0.4) is 0 Å². The number of nitrogens with one attached hydrogen (secondary N) is 2. The largest absolute Gasteiger partial charge is 0.325 e. The molecule has 0 aliphatic carbocycles. The van der Waals surface area contributed by atoms with Crippen molar-refractivity contribution in [2.24, 2.45) is 5.92 Å². The van der Waals surface area contributed by atoms with E-state index in [4.69, 9.17) is 4.98 Å². The normalized spacial score (nSPS) is 19.3. The number of ketones is 1. The molecule has 1 fully saturated rings. The van der Waals surface area contributed by atoms with Crippen LogP contribution in [-0.4, -0.2) is 29.3 Å². The van der Waals surface area contributed by atoms with Crippen LogP contribution in [0, 0.1) is 12.8 Å². The molecule has 1 amide bonds. The summed E-state index contributed by atoms with van der Waals surface area (Å²) in [6.45, 7) is 4.23. The fourth-order valence-corrected chi connectivity index (χ4v) is 4.40. The number of hydrogen-bond acceptors (Lipinski definition) is 5. The molecule has 2 aromatic carbocycles. The average Bonchev–Trinajstić information content (AvgIpc) is 3.29. The second-order valence-electron chi connectivity index (χ2n) is 7.06. The molecule has 4 rings (SSSR count). The van der Waals surface area contributed by atoms with Crippen molar-refractivity contribution in [3.05, 3.63) is 48.0 Å². The molecule has 27 heavy (non-hydrogen) atoms. The van der Waals surface area contributed by atoms with Crippen LogP contribution >= 0.6 is 11.3 Å². The van der Waals surface area contributed by atoms with Crippen LogP contribution in [0.2, 0.25) is 0 Å². The predicted molar refractivity (Wildman–Crippen MR) is 109 cm³/mol. The summed E-state index contributed by atoms with van der Waals surface area (Å²) in [5.41, 5.74) is 4.00. The Morgan fingerprint density at radius 1 is 1.19 bits per heavy atom. The summed E-state index contributed by atoms with van der Waals surface area (Å²) in [5.74, 6) is -0.0269. The molecular weight excluding hydrogens is 358 g/mol. The highest BCUT2D eigenvalue weighted by atomic mass is 32.1. The van der Waals surface area contributed by atoms with Crippen LogP contribution in [0.1, 0.15) is 18.9 Å². The van der Waals surface area contributed by atoms with E-state index in [2.05, 4.69) is 29.7 Å². The molecule has 1 aliphatic heterocycles. The lowest BCUT2D eigenvalue weighted by molar-refractivity contribution is -0.120. The molecule has 0 bridgehead atoms. The van der Waals surface area contributed by atoms with Gasteiger partial charge in [-0.2, -0.15) is 0 Å². The van der Waals surface area contributed by atoms with Gasteiger partial charge in [0, 0.05) is 23.7 Å². The van der Waals surface area contributed by atoms with Crippen molar-refractivity contribution >= 4 is 38.9 Å². The zero-order chi connectivity index (χ0) is 19.0. The van der Waals surface area contributed by atoms with Crippen LogP contribution < -0.4 is 10.6 Å². The van der Waals surface area contributed by atoms with E-state index in [9.17, 15) is 9.59 Å². The number of fused-ring (bicyclic) bond motifs is 1. The van der Waals surface area contributed by atoms with Crippen molar-refractivity contribution in [3.8, 4) is 10.6 Å². The van der Waals surface area contributed by atoms with Gasteiger partial charge in [-0.1, -0.05) is 6.07 Å². The van der Waals surface area contributed by atoms with Gasteiger partial charge in [-0.3, -0.25) is 9.59 Å². The topological polar surface area (TPSA) is 71.1 Å². The van der Waals surface area contributed by atoms with Gasteiger partial charge >= 0.3 is 0 Å². The third kappa shape index (κ3) is 3.77. The number of benzene rings is 2. The summed E-state index contributed by atoms with van der Waals surface area (Å²) in [7, 11) is 0. The molecule has 1 saturated heterocycles. The predicted octanol–water partition coefficient (Wildman–Crippen LogP) is 3.78. The maximum atomic E-state index is 12.4. The summed E-state index contributed by atoms with van der Waals surface area (Å²) >= 11 is 1.67. The van der Waals surface area contributed by atoms with Crippen LogP contribution in [0.4, 0.5) is 5.69 Å². The molecule has 1 aliphatic rings. The number of hydrogen-bond donors (Lipinski definition) is 2. The van der Waals surface area contributed by atoms with Crippen LogP contribution in [0.25, 0.3) is 20.8 Å². The Kier molecular flexibility index (Phi) is 4.76. The van der Waals surface area contributed by atoms with Gasteiger partial charge in [-0.15, -0.1) is 11.3 Å². The minimum absolute atomic E-state index is 0.0641. The van der Waals surface area contributed by atoms with E-state index in [1.807, 2.05) is 30.3 Å². The van der Waals surface area contributed by atoms with Crippen LogP contribution in [0.5, 0.6) is 0 Å². The summed E-state index contributed by atoms with van der Waals surface area (Å²) in [6.07, 6.45) is 0.560. The van der Waals surface area contributed by atoms with Gasteiger partial charge in [-0.05, 0) is 62.2 Å². The standard InChI is InChI=1S/C21H21N3O2S/c1-12-3-8-17-19(9-12)27-21(24-17)14-4-6-16(7-5-14)23-20(26)18-10-15(11-22-18)13(2)25/h3-9,15,18,22H,10-11H2,1-2H3,(H,23,26). The monoisotopic (exact) mass is 379 g/mol. The van der Waals surface area contributed by atoms with Gasteiger partial charge in [-0.25, -0.2) is 4.98 Å². The fraction of sp³-hybridized carbons (Fsp3) is 0.286. The van der Waals surface area contributed by atoms with Gasteiger partial charge in [0.2, 0.25) is 5.91 Å². The van der Waals surface area contributed by atoms with Crippen LogP contribution in [-0.2, 0) is 9.59 Å². The third-order valence-corrected chi connectivity index (χ3v) is 6.03. The summed E-state index contributed by atoms with van der Waals surface area (Å²) in [4.78, 5) is 28.5. The van der Waals surface area contributed by atoms with E-state index < -0.39 is 0 Å². The Morgan fingerprint density at radius 3 is 2.67 bits per heavy atom. The molecule has 3 aromatic rings. The lowest BCUT2D eigenvalue weighted by Gasteiger charge is -2.11. The second-order valence-corrected chi connectivity index (χ2v) is 8.09. The number of aryl methyl sites for hydroxylation is 1. The summed E-state index contributed by atoms with van der Waals surface area (Å²) < 4.78 is 1.18. The first-order valence-corrected chi connectivity index (χ1v) is 9.83. The number of aromatic nitrogens is 1. The molecular formula is C21H21N3O2S. The first-order valence-electron chi connectivity index (χ1n) is 9.02. The summed E-state index contributed by atoms with van der Waals surface area (Å²) in [6, 6.07) is 13.7. The third-order valence-electron chi connectivity index (χ3n) is 4.97. The highest BCUT2D eigenvalue weighted by Crippen LogP contribution is 2.31. The first-order chi connectivity index (χ1) is 13.0. The van der Waals surface area contributed by atoms with Crippen molar-refractivity contribution < 1.29 is 9.59 Å². The van der Waals surface area contributed by atoms with Gasteiger partial charge in [0.05, 0.1) is 16.3 Å². The summed E-state index contributed by atoms with van der Waals surface area (Å²) in [5, 5.41) is 7.02. The average molecular weight is 379 g/mol. The minimum Gasteiger partial charge on any atom is -0.325 e. The van der Waals surface area contributed by atoms with Crippen molar-refractivity contribution in [1.82, 2.24) is 10.3 Å². The quantitative estimate of drug-likeness (QED) is 0.724. The minimum atomic E-state index is -0.314. The van der Waals surface area contributed by atoms with Crippen LogP contribution in [0.15, 0.2) is 42.5 Å². The number of rotatable bonds is 4. The highest BCUT2D eigenvalue weighted by molar-refractivity contribution is 7.21. The molecule has 6 heteroatoms. The molecule has 2 unspecified atom stereocenters. The van der Waals surface area contributed by atoms with E-state index >= 15 is 0 Å². The Labute approximate surface area is 161 Å². The fourth-order valence-electron chi connectivity index (χ4n) is 3.33. The molecule has 138 valence electrons. The maximum absolute atomic E-state index is 12.4. The number of nitrogens with zero attached hydrogens (tertiary/aromatic N) is 1. The number of carbonyl (C=O) groups is 2. The van der Waals surface area contributed by atoms with E-state index in [1.165, 1.54) is 10.3 Å². The number of thiazole rings is 1. The van der Waals surface area contributed by atoms with E-state index in [0.29, 0.717) is 13.0 Å². The Morgan fingerprint density at radius 2 is 1.96 bits per heavy atom. The lowest BCUT2D eigenvalue weighted by atomic mass is 10.0. The SMILES string of the molecule is CC(=O)C1CNC(C(=O)Nc2ccc(-c3nc4ccc(C)cc4s3)cc2)C1. The van der Waals surface area contributed by atoms with Crippen molar-refractivity contribution in [2.45, 2.75) is 26.3 Å². The molecule has 2 heterocycles. The van der Waals surface area contributed by atoms with Crippen molar-refractivity contribution in [2.75, 3.05) is 11.9 Å². The molecule has 0 saturated carbocycles. The molecule has 1 aromatic heterocycles. The number of Topliss-reactive ketones (excluding diaryl/α,β-unsaturated/α-hetero) is 1. The molecule has 0 spiro atoms. The van der Waals surface area contributed by atoms with Gasteiger partial charge in [0.25, 0.3) is 0 Å². The molecule has 5 nitrogen and oxygen atoms in total. The zero-order valence-electron chi connectivity index (χ0n) is 15.3. The van der Waals surface area contributed by atoms with E-state index in [1.54, 1.807) is 18.3 Å². The van der Waals surface area contributed by atoms with E-state index in [0.717, 1.165) is 21.8 Å². The maximum Gasteiger partial charge on any atom is 0.241 e. The first kappa shape index (κ1) is 17.8. The molecule has 2 atom stereocenters. The highest BCUT2D eigenvalue weighted by Gasteiger charge is 2.31. The van der Waals surface area contributed by atoms with Gasteiger partial charge in [0.15, 0.2) is 0 Å². The smallest absolute Gasteiger partial charge is 0.241 e. The zero-order valence-corrected chi connectivity index (χ0v) is 16.1. The number of amides is 1. The number of carbonyl (C=O) groups excluding carboxylic acids is 2. The van der Waals surface area contributed by atoms with Gasteiger partial charge in [0.1, 0.15) is 10.8 Å². The van der Waals surface area contributed by atoms with Crippen molar-refractivity contribution in [1.29, 1.82) is 0 Å². The second kappa shape index (κ2) is 7.21. The molecule has 0 radical (unpaired) electrons. The number of anilines is 1. The van der Waals surface area contributed by atoms with Gasteiger partial charge < -0.3 is 10.6 Å². The molecule has 2 N–H and O–H groups in total. The van der Waals surface area contributed by atoms with Crippen molar-refractivity contribution in [3.63, 3.8) is 0 Å². The Hall–Kier alpha value is -2.57. The Bertz CT molecular complexity index is 1010. The Balaban J connectivity index is 1.45.